The van der Waals surface area contributed by atoms with Crippen molar-refractivity contribution >= 4 is 17.6 Å². The van der Waals surface area contributed by atoms with E-state index in [0.29, 0.717) is 24.9 Å². The van der Waals surface area contributed by atoms with E-state index in [4.69, 9.17) is 9.52 Å². The van der Waals surface area contributed by atoms with Gasteiger partial charge in [0, 0.05) is 18.5 Å². The molecule has 0 aliphatic rings. The number of benzene rings is 1. The second-order valence-corrected chi connectivity index (χ2v) is 5.27. The molecular weight excluding hydrogens is 282 g/mol. The van der Waals surface area contributed by atoms with E-state index in [1.54, 1.807) is 31.4 Å². The Morgan fingerprint density at radius 1 is 1.23 bits per heavy atom. The van der Waals surface area contributed by atoms with Gasteiger partial charge >= 0.3 is 5.97 Å². The maximum Gasteiger partial charge on any atom is 0.306 e. The van der Waals surface area contributed by atoms with E-state index in [9.17, 15) is 9.59 Å². The minimum Gasteiger partial charge on any atom is -0.481 e. The molecule has 1 aromatic heterocycles. The second-order valence-electron chi connectivity index (χ2n) is 5.27. The van der Waals surface area contributed by atoms with Gasteiger partial charge in [0.1, 0.15) is 5.76 Å². The van der Waals surface area contributed by atoms with Gasteiger partial charge in [-0.25, -0.2) is 0 Å². The van der Waals surface area contributed by atoms with E-state index in [1.807, 2.05) is 18.2 Å². The highest BCUT2D eigenvalue weighted by molar-refractivity contribution is 5.90. The molecule has 0 aliphatic carbocycles. The molecule has 2 rings (SSSR count). The van der Waals surface area contributed by atoms with E-state index in [1.165, 1.54) is 0 Å². The molecule has 5 heteroatoms. The summed E-state index contributed by atoms with van der Waals surface area (Å²) in [5.41, 5.74) is 1.64. The molecular formula is C17H19NO4. The first-order chi connectivity index (χ1) is 10.5. The van der Waals surface area contributed by atoms with Gasteiger partial charge in [-0.15, -0.1) is 0 Å². The first kappa shape index (κ1) is 15.8. The molecule has 2 aromatic rings. The van der Waals surface area contributed by atoms with Crippen LogP contribution in [0.15, 0.2) is 47.1 Å². The Balaban J connectivity index is 1.82. The van der Waals surface area contributed by atoms with Crippen LogP contribution in [0.5, 0.6) is 0 Å². The number of amides is 1. The molecule has 1 amide bonds. The third-order valence-electron chi connectivity index (χ3n) is 3.38. The molecule has 116 valence electrons. The van der Waals surface area contributed by atoms with Gasteiger partial charge in [-0.1, -0.05) is 19.1 Å². The van der Waals surface area contributed by atoms with Crippen LogP contribution in [-0.4, -0.2) is 17.0 Å². The number of aliphatic carboxylic acids is 1. The van der Waals surface area contributed by atoms with Crippen LogP contribution in [0.4, 0.5) is 5.69 Å². The molecule has 0 radical (unpaired) electrons. The fraction of sp³-hybridized carbons (Fsp3) is 0.294. The lowest BCUT2D eigenvalue weighted by Gasteiger charge is -2.08. The van der Waals surface area contributed by atoms with Crippen molar-refractivity contribution in [1.82, 2.24) is 0 Å². The summed E-state index contributed by atoms with van der Waals surface area (Å²) in [5, 5.41) is 11.7. The van der Waals surface area contributed by atoms with Crippen molar-refractivity contribution < 1.29 is 19.1 Å². The van der Waals surface area contributed by atoms with E-state index in [0.717, 1.165) is 11.3 Å². The van der Waals surface area contributed by atoms with Crippen LogP contribution in [0.1, 0.15) is 24.7 Å². The summed E-state index contributed by atoms with van der Waals surface area (Å²) in [4.78, 5) is 22.6. The molecule has 1 heterocycles. The second kappa shape index (κ2) is 7.45. The van der Waals surface area contributed by atoms with Crippen LogP contribution in [0.3, 0.4) is 0 Å². The van der Waals surface area contributed by atoms with Crippen molar-refractivity contribution in [3.05, 3.63) is 54.0 Å². The number of carbonyl (C=O) groups excluding carboxylic acids is 1. The summed E-state index contributed by atoms with van der Waals surface area (Å²) < 4.78 is 5.18. The number of furan rings is 1. The van der Waals surface area contributed by atoms with Gasteiger partial charge in [-0.2, -0.15) is 0 Å². The fourth-order valence-electron chi connectivity index (χ4n) is 2.08. The summed E-state index contributed by atoms with van der Waals surface area (Å²) in [6.45, 7) is 1.67. The van der Waals surface area contributed by atoms with E-state index >= 15 is 0 Å². The lowest BCUT2D eigenvalue weighted by Crippen LogP contribution is -2.13. The number of hydrogen-bond acceptors (Lipinski definition) is 3. The highest BCUT2D eigenvalue weighted by atomic mass is 16.4. The average Bonchev–Trinajstić information content (AvgIpc) is 3.00. The molecule has 1 unspecified atom stereocenters. The Morgan fingerprint density at radius 2 is 1.95 bits per heavy atom. The van der Waals surface area contributed by atoms with Gasteiger partial charge < -0.3 is 14.8 Å². The molecule has 1 atom stereocenters. The fourth-order valence-corrected chi connectivity index (χ4v) is 2.08. The van der Waals surface area contributed by atoms with E-state index < -0.39 is 11.9 Å². The highest BCUT2D eigenvalue weighted by Gasteiger charge is 2.11. The third kappa shape index (κ3) is 4.77. The molecule has 5 nitrogen and oxygen atoms in total. The standard InChI is InChI=1S/C17H19NO4/c1-12(17(20)21)11-13-4-6-14(7-5-13)18-16(19)9-8-15-3-2-10-22-15/h2-7,10,12H,8-9,11H2,1H3,(H,18,19)(H,20,21). The normalized spacial score (nSPS) is 11.9. The number of aryl methyl sites for hydroxylation is 1. The van der Waals surface area contributed by atoms with Crippen molar-refractivity contribution in [3.63, 3.8) is 0 Å². The van der Waals surface area contributed by atoms with Crippen LogP contribution in [0.25, 0.3) is 0 Å². The Bertz CT molecular complexity index is 617. The predicted octanol–water partition coefficient (Wildman–Crippen LogP) is 3.11. The average molecular weight is 301 g/mol. The lowest BCUT2D eigenvalue weighted by molar-refractivity contribution is -0.141. The summed E-state index contributed by atoms with van der Waals surface area (Å²) in [6.07, 6.45) is 2.98. The number of carbonyl (C=O) groups is 2. The maximum absolute atomic E-state index is 11.8. The largest absolute Gasteiger partial charge is 0.481 e. The van der Waals surface area contributed by atoms with Crippen molar-refractivity contribution in [1.29, 1.82) is 0 Å². The third-order valence-corrected chi connectivity index (χ3v) is 3.38. The Labute approximate surface area is 129 Å². The first-order valence-corrected chi connectivity index (χ1v) is 7.18. The highest BCUT2D eigenvalue weighted by Crippen LogP contribution is 2.14. The Hall–Kier alpha value is -2.56. The molecule has 0 saturated heterocycles. The number of anilines is 1. The molecule has 0 spiro atoms. The maximum atomic E-state index is 11.8. The van der Waals surface area contributed by atoms with Crippen LogP contribution < -0.4 is 5.32 Å². The summed E-state index contributed by atoms with van der Waals surface area (Å²) in [7, 11) is 0. The van der Waals surface area contributed by atoms with Crippen molar-refractivity contribution in [2.45, 2.75) is 26.2 Å². The number of nitrogens with one attached hydrogen (secondary N) is 1. The molecule has 2 N–H and O–H groups in total. The van der Waals surface area contributed by atoms with Gasteiger partial charge in [0.15, 0.2) is 0 Å². The summed E-state index contributed by atoms with van der Waals surface area (Å²) >= 11 is 0. The van der Waals surface area contributed by atoms with Crippen LogP contribution in [0.2, 0.25) is 0 Å². The molecule has 1 aromatic carbocycles. The van der Waals surface area contributed by atoms with E-state index in [2.05, 4.69) is 5.32 Å². The molecule has 0 aliphatic heterocycles. The lowest BCUT2D eigenvalue weighted by atomic mass is 10.0. The monoisotopic (exact) mass is 301 g/mol. The number of carboxylic acid groups (broad SMARTS) is 1. The molecule has 22 heavy (non-hydrogen) atoms. The smallest absolute Gasteiger partial charge is 0.306 e. The minimum atomic E-state index is -0.810. The quantitative estimate of drug-likeness (QED) is 0.823. The van der Waals surface area contributed by atoms with E-state index in [-0.39, 0.29) is 5.91 Å². The molecule has 0 saturated carbocycles. The van der Waals surface area contributed by atoms with Crippen molar-refractivity contribution in [2.75, 3.05) is 5.32 Å². The van der Waals surface area contributed by atoms with Gasteiger partial charge in [0.25, 0.3) is 0 Å². The number of rotatable bonds is 7. The molecule has 0 bridgehead atoms. The van der Waals surface area contributed by atoms with Crippen LogP contribution in [0, 0.1) is 5.92 Å². The number of hydrogen-bond donors (Lipinski definition) is 2. The number of carboxylic acids is 1. The molecule has 0 fully saturated rings. The SMILES string of the molecule is CC(Cc1ccc(NC(=O)CCc2ccco2)cc1)C(=O)O. The van der Waals surface area contributed by atoms with Gasteiger partial charge in [0.05, 0.1) is 12.2 Å². The predicted molar refractivity (Wildman–Crippen MR) is 82.6 cm³/mol. The summed E-state index contributed by atoms with van der Waals surface area (Å²) in [5.74, 6) is -0.528. The van der Waals surface area contributed by atoms with Gasteiger partial charge in [-0.3, -0.25) is 9.59 Å². The topological polar surface area (TPSA) is 79.5 Å². The zero-order valence-corrected chi connectivity index (χ0v) is 12.4. The van der Waals surface area contributed by atoms with Crippen LogP contribution in [-0.2, 0) is 22.4 Å². The summed E-state index contributed by atoms with van der Waals surface area (Å²) in [6, 6.07) is 10.9. The Morgan fingerprint density at radius 3 is 2.55 bits per heavy atom. The van der Waals surface area contributed by atoms with Gasteiger partial charge in [-0.05, 0) is 36.2 Å². The minimum absolute atomic E-state index is 0.0805. The van der Waals surface area contributed by atoms with Gasteiger partial charge in [0.2, 0.25) is 5.91 Å². The first-order valence-electron chi connectivity index (χ1n) is 7.18. The van der Waals surface area contributed by atoms with Crippen molar-refractivity contribution in [2.24, 2.45) is 5.92 Å². The zero-order chi connectivity index (χ0) is 15.9. The van der Waals surface area contributed by atoms with Crippen molar-refractivity contribution in [3.8, 4) is 0 Å². The zero-order valence-electron chi connectivity index (χ0n) is 12.4. The Kier molecular flexibility index (Phi) is 5.36. The van der Waals surface area contributed by atoms with Crippen LogP contribution >= 0.6 is 0 Å².